The average Bonchev–Trinajstić information content (AvgIpc) is 1.97. The molecule has 0 aliphatic carbocycles. The van der Waals surface area contributed by atoms with Crippen molar-refractivity contribution < 1.29 is 13.5 Å². The maximum absolute atomic E-state index is 10.9. The Kier molecular flexibility index (Phi) is 5.63. The van der Waals surface area contributed by atoms with Gasteiger partial charge in [-0.15, -0.1) is 0 Å². The maximum Gasteiger partial charge on any atom is 0.148 e. The van der Waals surface area contributed by atoms with Gasteiger partial charge in [0.15, 0.2) is 0 Å². The number of hydrogen-bond donors (Lipinski definition) is 1. The van der Waals surface area contributed by atoms with E-state index in [4.69, 9.17) is 5.11 Å². The molecule has 0 saturated heterocycles. The van der Waals surface area contributed by atoms with Crippen molar-refractivity contribution in [3.05, 3.63) is 0 Å². The first-order valence-electron chi connectivity index (χ1n) is 4.78. The molecule has 86 valence electrons. The van der Waals surface area contributed by atoms with Gasteiger partial charge in [-0.3, -0.25) is 0 Å². The van der Waals surface area contributed by atoms with E-state index in [0.29, 0.717) is 13.0 Å². The summed E-state index contributed by atoms with van der Waals surface area (Å²) in [6.07, 6.45) is 1.56. The fourth-order valence-corrected chi connectivity index (χ4v) is 1.82. The number of sulfone groups is 1. The molecule has 5 heteroatoms. The second-order valence-corrected chi connectivity index (χ2v) is 6.30. The van der Waals surface area contributed by atoms with Gasteiger partial charge in [0, 0.05) is 18.8 Å². The molecule has 0 aromatic rings. The van der Waals surface area contributed by atoms with Gasteiger partial charge in [0.25, 0.3) is 0 Å². The van der Waals surface area contributed by atoms with Crippen LogP contribution in [0.2, 0.25) is 0 Å². The van der Waals surface area contributed by atoms with Gasteiger partial charge in [-0.1, -0.05) is 0 Å². The lowest BCUT2D eigenvalue weighted by molar-refractivity contribution is 0.137. The molecule has 14 heavy (non-hydrogen) atoms. The van der Waals surface area contributed by atoms with Crippen molar-refractivity contribution in [2.75, 3.05) is 25.6 Å². The largest absolute Gasteiger partial charge is 0.393 e. The summed E-state index contributed by atoms with van der Waals surface area (Å²) in [5, 5.41) is 9.15. The number of aliphatic hydroxyl groups excluding tert-OH is 1. The zero-order valence-electron chi connectivity index (χ0n) is 9.40. The highest BCUT2D eigenvalue weighted by Gasteiger charge is 2.13. The predicted molar refractivity (Wildman–Crippen MR) is 58.1 cm³/mol. The third-order valence-electron chi connectivity index (χ3n) is 2.25. The first-order valence-corrected chi connectivity index (χ1v) is 6.84. The smallest absolute Gasteiger partial charge is 0.148 e. The predicted octanol–water partition coefficient (Wildman–Crippen LogP) is 0.122. The zero-order chi connectivity index (χ0) is 11.4. The summed E-state index contributed by atoms with van der Waals surface area (Å²) in [5.74, 6) is 0.174. The van der Waals surface area contributed by atoms with Gasteiger partial charge in [-0.05, 0) is 27.3 Å². The maximum atomic E-state index is 10.9. The molecule has 0 fully saturated rings. The molecular weight excluding hydrogens is 202 g/mol. The van der Waals surface area contributed by atoms with Crippen LogP contribution in [0.15, 0.2) is 0 Å². The van der Waals surface area contributed by atoms with Crippen molar-refractivity contribution in [1.82, 2.24) is 4.90 Å². The van der Waals surface area contributed by atoms with Crippen LogP contribution in [0.25, 0.3) is 0 Å². The highest BCUT2D eigenvalue weighted by atomic mass is 32.2. The highest BCUT2D eigenvalue weighted by Crippen LogP contribution is 2.04. The van der Waals surface area contributed by atoms with Crippen molar-refractivity contribution in [3.63, 3.8) is 0 Å². The molecule has 0 aliphatic heterocycles. The third kappa shape index (κ3) is 7.29. The van der Waals surface area contributed by atoms with E-state index >= 15 is 0 Å². The number of rotatable bonds is 6. The number of hydrogen-bond acceptors (Lipinski definition) is 4. The summed E-state index contributed by atoms with van der Waals surface area (Å²) in [4.78, 5) is 1.95. The van der Waals surface area contributed by atoms with E-state index in [1.165, 1.54) is 6.26 Å². The molecule has 0 aromatic carbocycles. The Morgan fingerprint density at radius 2 is 1.86 bits per heavy atom. The summed E-state index contributed by atoms with van der Waals surface area (Å²) in [7, 11) is -1.01. The lowest BCUT2D eigenvalue weighted by atomic mass is 10.1. The molecule has 2 atom stereocenters. The first-order chi connectivity index (χ1) is 6.22. The molecule has 0 rings (SSSR count). The molecule has 0 spiro atoms. The Morgan fingerprint density at radius 3 is 2.21 bits per heavy atom. The summed E-state index contributed by atoms with van der Waals surface area (Å²) in [5.41, 5.74) is 0. The summed E-state index contributed by atoms with van der Waals surface area (Å²) >= 11 is 0. The van der Waals surface area contributed by atoms with Crippen molar-refractivity contribution in [3.8, 4) is 0 Å². The Morgan fingerprint density at radius 1 is 1.36 bits per heavy atom. The molecule has 0 amide bonds. The Balaban J connectivity index is 3.90. The second-order valence-electron chi connectivity index (χ2n) is 4.04. The topological polar surface area (TPSA) is 57.6 Å². The van der Waals surface area contributed by atoms with Crippen LogP contribution in [0.1, 0.15) is 20.3 Å². The standard InChI is InChI=1S/C9H21NO3S/c1-8(7-9(2)11)10(3)5-6-14(4,12)13/h8-9,11H,5-7H2,1-4H3. The van der Waals surface area contributed by atoms with Gasteiger partial charge < -0.3 is 10.0 Å². The highest BCUT2D eigenvalue weighted by molar-refractivity contribution is 7.90. The van der Waals surface area contributed by atoms with Crippen molar-refractivity contribution in [1.29, 1.82) is 0 Å². The van der Waals surface area contributed by atoms with Gasteiger partial charge >= 0.3 is 0 Å². The molecule has 2 unspecified atom stereocenters. The number of aliphatic hydroxyl groups is 1. The molecule has 0 heterocycles. The van der Waals surface area contributed by atoms with E-state index in [2.05, 4.69) is 0 Å². The van der Waals surface area contributed by atoms with Crippen molar-refractivity contribution >= 4 is 9.84 Å². The molecule has 0 radical (unpaired) electrons. The fraction of sp³-hybridized carbons (Fsp3) is 1.00. The molecule has 0 aliphatic rings. The van der Waals surface area contributed by atoms with Crippen LogP contribution >= 0.6 is 0 Å². The minimum atomic E-state index is -2.89. The minimum absolute atomic E-state index is 0.174. The first kappa shape index (κ1) is 13.9. The van der Waals surface area contributed by atoms with Crippen LogP contribution in [0.4, 0.5) is 0 Å². The van der Waals surface area contributed by atoms with E-state index in [1.807, 2.05) is 18.9 Å². The van der Waals surface area contributed by atoms with Crippen LogP contribution in [0, 0.1) is 0 Å². The minimum Gasteiger partial charge on any atom is -0.393 e. The lowest BCUT2D eigenvalue weighted by Crippen LogP contribution is -2.35. The molecule has 1 N–H and O–H groups in total. The lowest BCUT2D eigenvalue weighted by Gasteiger charge is -2.25. The quantitative estimate of drug-likeness (QED) is 0.695. The second kappa shape index (κ2) is 5.68. The number of nitrogens with zero attached hydrogens (tertiary/aromatic N) is 1. The van der Waals surface area contributed by atoms with Crippen LogP contribution < -0.4 is 0 Å². The SMILES string of the molecule is CC(O)CC(C)N(C)CCS(C)(=O)=O. The summed E-state index contributed by atoms with van der Waals surface area (Å²) in [6, 6.07) is 0.205. The average molecular weight is 223 g/mol. The van der Waals surface area contributed by atoms with E-state index in [9.17, 15) is 8.42 Å². The van der Waals surface area contributed by atoms with Crippen molar-refractivity contribution in [2.24, 2.45) is 0 Å². The van der Waals surface area contributed by atoms with Crippen molar-refractivity contribution in [2.45, 2.75) is 32.4 Å². The van der Waals surface area contributed by atoms with E-state index < -0.39 is 9.84 Å². The zero-order valence-corrected chi connectivity index (χ0v) is 10.2. The van der Waals surface area contributed by atoms with Crippen LogP contribution in [-0.4, -0.2) is 56.2 Å². The van der Waals surface area contributed by atoms with Crippen LogP contribution in [0.5, 0.6) is 0 Å². The summed E-state index contributed by atoms with van der Waals surface area (Å²) in [6.45, 7) is 4.24. The fourth-order valence-electron chi connectivity index (χ4n) is 1.20. The molecule has 0 bridgehead atoms. The molecular formula is C9H21NO3S. The van der Waals surface area contributed by atoms with E-state index in [1.54, 1.807) is 6.92 Å². The van der Waals surface area contributed by atoms with E-state index in [-0.39, 0.29) is 17.9 Å². The monoisotopic (exact) mass is 223 g/mol. The van der Waals surface area contributed by atoms with Gasteiger partial charge in [-0.25, -0.2) is 8.42 Å². The van der Waals surface area contributed by atoms with Gasteiger partial charge in [-0.2, -0.15) is 0 Å². The Labute approximate surface area is 86.8 Å². The van der Waals surface area contributed by atoms with Gasteiger partial charge in [0.05, 0.1) is 11.9 Å². The molecule has 0 saturated carbocycles. The summed E-state index contributed by atoms with van der Waals surface area (Å²) < 4.78 is 21.8. The van der Waals surface area contributed by atoms with Crippen LogP contribution in [0.3, 0.4) is 0 Å². The molecule has 4 nitrogen and oxygen atoms in total. The molecule has 0 aromatic heterocycles. The van der Waals surface area contributed by atoms with Gasteiger partial charge in [0.2, 0.25) is 0 Å². The van der Waals surface area contributed by atoms with Crippen LogP contribution in [-0.2, 0) is 9.84 Å². The third-order valence-corrected chi connectivity index (χ3v) is 3.17. The Bertz CT molecular complexity index is 249. The van der Waals surface area contributed by atoms with Gasteiger partial charge in [0.1, 0.15) is 9.84 Å². The normalized spacial score (nSPS) is 17.0. The Hall–Kier alpha value is -0.130. The van der Waals surface area contributed by atoms with E-state index in [0.717, 1.165) is 0 Å².